The largest absolute Gasteiger partial charge is 0.322 e. The Morgan fingerprint density at radius 3 is 2.29 bits per heavy atom. The number of nitrogens with one attached hydrogen (secondary N) is 1. The fourth-order valence-corrected chi connectivity index (χ4v) is 2.63. The van der Waals surface area contributed by atoms with Gasteiger partial charge in [0.25, 0.3) is 5.91 Å². The fraction of sp³-hybridized carbons (Fsp3) is 0.188. The summed E-state index contributed by atoms with van der Waals surface area (Å²) in [5.74, 6) is -0.248. The highest BCUT2D eigenvalue weighted by Gasteiger charge is 2.13. The van der Waals surface area contributed by atoms with E-state index in [0.29, 0.717) is 11.3 Å². The van der Waals surface area contributed by atoms with Crippen LogP contribution in [0.15, 0.2) is 47.4 Å². The summed E-state index contributed by atoms with van der Waals surface area (Å²) >= 11 is 0. The molecule has 1 N–H and O–H groups in total. The summed E-state index contributed by atoms with van der Waals surface area (Å²) < 4.78 is 23.2. The van der Waals surface area contributed by atoms with Crippen molar-refractivity contribution in [2.24, 2.45) is 0 Å². The SMILES string of the molecule is Cc1ccc(S(C)(=O)=O)cc1NC(=O)c1ccccc1C. The topological polar surface area (TPSA) is 63.2 Å². The molecule has 21 heavy (non-hydrogen) atoms. The molecule has 0 saturated heterocycles. The zero-order valence-corrected chi connectivity index (χ0v) is 13.0. The molecule has 2 aromatic carbocycles. The number of hydrogen-bond donors (Lipinski definition) is 1. The minimum absolute atomic E-state index is 0.188. The lowest BCUT2D eigenvalue weighted by Gasteiger charge is -2.11. The normalized spacial score (nSPS) is 11.2. The number of aryl methyl sites for hydroxylation is 2. The predicted molar refractivity (Wildman–Crippen MR) is 83.4 cm³/mol. The van der Waals surface area contributed by atoms with Gasteiger partial charge in [0.15, 0.2) is 9.84 Å². The summed E-state index contributed by atoms with van der Waals surface area (Å²) in [6, 6.07) is 12.0. The Balaban J connectivity index is 2.36. The van der Waals surface area contributed by atoms with E-state index in [2.05, 4.69) is 5.32 Å². The van der Waals surface area contributed by atoms with Crippen molar-refractivity contribution in [3.8, 4) is 0 Å². The molecule has 2 rings (SSSR count). The minimum atomic E-state index is -3.30. The van der Waals surface area contributed by atoms with Crippen LogP contribution in [0.1, 0.15) is 21.5 Å². The monoisotopic (exact) mass is 303 g/mol. The van der Waals surface area contributed by atoms with Crippen molar-refractivity contribution in [3.63, 3.8) is 0 Å². The van der Waals surface area contributed by atoms with Crippen LogP contribution in [0, 0.1) is 13.8 Å². The van der Waals surface area contributed by atoms with Gasteiger partial charge >= 0.3 is 0 Å². The van der Waals surface area contributed by atoms with Crippen LogP contribution in [-0.4, -0.2) is 20.6 Å². The zero-order chi connectivity index (χ0) is 15.6. The first-order valence-corrected chi connectivity index (χ1v) is 8.36. The van der Waals surface area contributed by atoms with E-state index in [-0.39, 0.29) is 10.8 Å². The average molecular weight is 303 g/mol. The lowest BCUT2D eigenvalue weighted by Crippen LogP contribution is -2.14. The second-order valence-corrected chi connectivity index (χ2v) is 7.03. The Morgan fingerprint density at radius 2 is 1.67 bits per heavy atom. The maximum atomic E-state index is 12.3. The number of carbonyl (C=O) groups excluding carboxylic acids is 1. The van der Waals surface area contributed by atoms with Crippen molar-refractivity contribution < 1.29 is 13.2 Å². The fourth-order valence-electron chi connectivity index (χ4n) is 1.98. The second-order valence-electron chi connectivity index (χ2n) is 5.02. The number of hydrogen-bond acceptors (Lipinski definition) is 3. The van der Waals surface area contributed by atoms with Gasteiger partial charge in [0.2, 0.25) is 0 Å². The van der Waals surface area contributed by atoms with E-state index in [1.807, 2.05) is 26.0 Å². The van der Waals surface area contributed by atoms with Crippen molar-refractivity contribution in [3.05, 3.63) is 59.2 Å². The summed E-state index contributed by atoms with van der Waals surface area (Å²) in [5.41, 5.74) is 2.75. The van der Waals surface area contributed by atoms with Crippen LogP contribution in [0.5, 0.6) is 0 Å². The number of carbonyl (C=O) groups is 1. The first kappa shape index (κ1) is 15.3. The molecule has 0 radical (unpaired) electrons. The highest BCUT2D eigenvalue weighted by Crippen LogP contribution is 2.21. The predicted octanol–water partition coefficient (Wildman–Crippen LogP) is 2.96. The number of rotatable bonds is 3. The molecule has 0 aliphatic carbocycles. The van der Waals surface area contributed by atoms with Gasteiger partial charge in [-0.2, -0.15) is 0 Å². The van der Waals surface area contributed by atoms with Crippen molar-refractivity contribution in [2.75, 3.05) is 11.6 Å². The summed E-state index contributed by atoms with van der Waals surface area (Å²) in [7, 11) is -3.30. The molecule has 0 atom stereocenters. The Hall–Kier alpha value is -2.14. The zero-order valence-electron chi connectivity index (χ0n) is 12.2. The second kappa shape index (κ2) is 5.69. The van der Waals surface area contributed by atoms with Crippen molar-refractivity contribution in [2.45, 2.75) is 18.7 Å². The maximum absolute atomic E-state index is 12.3. The summed E-state index contributed by atoms with van der Waals surface area (Å²) in [5, 5.41) is 2.78. The molecule has 2 aromatic rings. The number of benzene rings is 2. The Morgan fingerprint density at radius 1 is 1.00 bits per heavy atom. The molecule has 0 heterocycles. The van der Waals surface area contributed by atoms with E-state index in [4.69, 9.17) is 0 Å². The van der Waals surface area contributed by atoms with Crippen LogP contribution in [0.25, 0.3) is 0 Å². The number of anilines is 1. The van der Waals surface area contributed by atoms with Gasteiger partial charge in [-0.3, -0.25) is 4.79 Å². The molecule has 110 valence electrons. The average Bonchev–Trinajstić information content (AvgIpc) is 2.40. The molecule has 5 heteroatoms. The highest BCUT2D eigenvalue weighted by atomic mass is 32.2. The maximum Gasteiger partial charge on any atom is 0.255 e. The lowest BCUT2D eigenvalue weighted by molar-refractivity contribution is 0.102. The van der Waals surface area contributed by atoms with Crippen LogP contribution >= 0.6 is 0 Å². The van der Waals surface area contributed by atoms with E-state index in [9.17, 15) is 13.2 Å². The van der Waals surface area contributed by atoms with E-state index in [1.54, 1.807) is 18.2 Å². The molecule has 0 aliphatic heterocycles. The Bertz CT molecular complexity index is 795. The van der Waals surface area contributed by atoms with Gasteiger partial charge in [-0.1, -0.05) is 24.3 Å². The standard InChI is InChI=1S/C16H17NO3S/c1-11-6-4-5-7-14(11)16(18)17-15-10-13(21(3,19)20)9-8-12(15)2/h4-10H,1-3H3,(H,17,18). The molecule has 0 unspecified atom stereocenters. The van der Waals surface area contributed by atoms with Crippen molar-refractivity contribution in [1.82, 2.24) is 0 Å². The molecule has 1 amide bonds. The summed E-state index contributed by atoms with van der Waals surface area (Å²) in [4.78, 5) is 12.5. The molecule has 0 aromatic heterocycles. The van der Waals surface area contributed by atoms with E-state index >= 15 is 0 Å². The molecule has 0 fully saturated rings. The first-order valence-electron chi connectivity index (χ1n) is 6.47. The number of sulfone groups is 1. The minimum Gasteiger partial charge on any atom is -0.322 e. The van der Waals surface area contributed by atoms with Gasteiger partial charge in [-0.25, -0.2) is 8.42 Å². The van der Waals surface area contributed by atoms with Crippen LogP contribution in [0.2, 0.25) is 0 Å². The molecule has 0 spiro atoms. The van der Waals surface area contributed by atoms with Crippen LogP contribution in [0.3, 0.4) is 0 Å². The summed E-state index contributed by atoms with van der Waals surface area (Å²) in [6.07, 6.45) is 1.14. The molecular weight excluding hydrogens is 286 g/mol. The van der Waals surface area contributed by atoms with Gasteiger partial charge in [0, 0.05) is 17.5 Å². The highest BCUT2D eigenvalue weighted by molar-refractivity contribution is 7.90. The number of amides is 1. The van der Waals surface area contributed by atoms with Crippen LogP contribution in [-0.2, 0) is 9.84 Å². The van der Waals surface area contributed by atoms with Crippen LogP contribution in [0.4, 0.5) is 5.69 Å². The van der Waals surface area contributed by atoms with Crippen molar-refractivity contribution in [1.29, 1.82) is 0 Å². The van der Waals surface area contributed by atoms with Gasteiger partial charge < -0.3 is 5.32 Å². The third-order valence-electron chi connectivity index (χ3n) is 3.28. The molecule has 0 saturated carbocycles. The third kappa shape index (κ3) is 3.49. The van der Waals surface area contributed by atoms with Gasteiger partial charge in [0.1, 0.15) is 0 Å². The van der Waals surface area contributed by atoms with Crippen molar-refractivity contribution >= 4 is 21.4 Å². The van der Waals surface area contributed by atoms with E-state index in [1.165, 1.54) is 12.1 Å². The third-order valence-corrected chi connectivity index (χ3v) is 4.39. The van der Waals surface area contributed by atoms with E-state index in [0.717, 1.165) is 17.4 Å². The Labute approximate surface area is 124 Å². The van der Waals surface area contributed by atoms with Gasteiger partial charge in [0.05, 0.1) is 4.90 Å². The summed E-state index contributed by atoms with van der Waals surface area (Å²) in [6.45, 7) is 3.67. The van der Waals surface area contributed by atoms with Gasteiger partial charge in [-0.05, 0) is 43.2 Å². The molecular formula is C16H17NO3S. The lowest BCUT2D eigenvalue weighted by atomic mass is 10.1. The molecule has 0 aliphatic rings. The smallest absolute Gasteiger partial charge is 0.255 e. The van der Waals surface area contributed by atoms with Crippen LogP contribution < -0.4 is 5.32 Å². The molecule has 0 bridgehead atoms. The Kier molecular flexibility index (Phi) is 4.14. The quantitative estimate of drug-likeness (QED) is 0.948. The first-order chi connectivity index (χ1) is 9.79. The molecule has 4 nitrogen and oxygen atoms in total. The van der Waals surface area contributed by atoms with E-state index < -0.39 is 9.84 Å². The van der Waals surface area contributed by atoms with Gasteiger partial charge in [-0.15, -0.1) is 0 Å².